The van der Waals surface area contributed by atoms with E-state index in [-0.39, 0.29) is 9.67 Å². The molecule has 1 aromatic heterocycles. The molecule has 3 N–H and O–H groups in total. The minimum atomic E-state index is -3.89. The van der Waals surface area contributed by atoms with E-state index in [0.717, 1.165) is 0 Å². The van der Waals surface area contributed by atoms with Crippen molar-refractivity contribution >= 4 is 44.7 Å². The number of aromatic amines is 1. The van der Waals surface area contributed by atoms with E-state index in [1.807, 2.05) is 0 Å². The van der Waals surface area contributed by atoms with Gasteiger partial charge < -0.3 is 4.98 Å². The average molecular weight is 368 g/mol. The number of H-pyrrole nitrogens is 1. The highest BCUT2D eigenvalue weighted by atomic mass is 35.5. The summed E-state index contributed by atoms with van der Waals surface area (Å²) in [6, 6.07) is 10.6. The number of nitrogens with two attached hydrogens (primary N) is 1. The molecule has 0 amide bonds. The van der Waals surface area contributed by atoms with E-state index < -0.39 is 15.6 Å². The van der Waals surface area contributed by atoms with Crippen molar-refractivity contribution < 1.29 is 8.42 Å². The predicted molar refractivity (Wildman–Crippen MR) is 91.1 cm³/mol. The zero-order chi connectivity index (χ0) is 16.8. The molecule has 0 aliphatic carbocycles. The summed E-state index contributed by atoms with van der Waals surface area (Å²) in [6.45, 7) is 0. The number of fused-ring (bicyclic) bond motifs is 1. The maximum Gasteiger partial charge on any atom is 0.266 e. The largest absolute Gasteiger partial charge is 0.330 e. The molecule has 0 fully saturated rings. The molecule has 0 saturated heterocycles. The Bertz CT molecular complexity index is 1150. The lowest BCUT2D eigenvalue weighted by molar-refractivity contribution is 0.597. The lowest BCUT2D eigenvalue weighted by atomic mass is 10.2. The minimum absolute atomic E-state index is 0.0992. The zero-order valence-corrected chi connectivity index (χ0v) is 13.9. The normalized spacial score (nSPS) is 11.7. The van der Waals surface area contributed by atoms with E-state index in [2.05, 4.69) is 4.98 Å². The topological polar surface area (TPSA) is 97.9 Å². The molecule has 118 valence electrons. The molecule has 0 unspecified atom stereocenters. The molecule has 0 aliphatic heterocycles. The molecular weight excluding hydrogens is 358 g/mol. The maximum absolute atomic E-state index is 12.7. The molecule has 1 heterocycles. The number of nitrogens with one attached hydrogen (secondary N) is 1. The lowest BCUT2D eigenvalue weighted by Gasteiger charge is -2.10. The quantitative estimate of drug-likeness (QED) is 0.679. The van der Waals surface area contributed by atoms with Gasteiger partial charge in [-0.25, -0.2) is 13.6 Å². The maximum atomic E-state index is 12.7. The Morgan fingerprint density at radius 2 is 1.87 bits per heavy atom. The molecule has 0 atom stereocenters. The molecule has 9 heteroatoms. The van der Waals surface area contributed by atoms with E-state index in [1.54, 1.807) is 24.3 Å². The molecule has 0 radical (unpaired) electrons. The molecule has 0 spiro atoms. The molecule has 0 bridgehead atoms. The number of rotatable bonds is 2. The Balaban J connectivity index is 2.39. The van der Waals surface area contributed by atoms with Gasteiger partial charge >= 0.3 is 0 Å². The monoisotopic (exact) mass is 367 g/mol. The third-order valence-corrected chi connectivity index (χ3v) is 4.80. The van der Waals surface area contributed by atoms with Gasteiger partial charge in [-0.2, -0.15) is 0 Å². The number of aromatic nitrogens is 2. The van der Waals surface area contributed by atoms with Crippen LogP contribution < -0.4 is 10.7 Å². The average Bonchev–Trinajstić information content (AvgIpc) is 2.48. The highest BCUT2D eigenvalue weighted by molar-refractivity contribution is 7.89. The van der Waals surface area contributed by atoms with Gasteiger partial charge in [0.05, 0.1) is 26.5 Å². The first-order valence-electron chi connectivity index (χ1n) is 6.36. The first kappa shape index (κ1) is 15.9. The van der Waals surface area contributed by atoms with E-state index in [9.17, 15) is 13.2 Å². The van der Waals surface area contributed by atoms with E-state index in [1.165, 1.54) is 22.8 Å². The second-order valence-electron chi connectivity index (χ2n) is 4.78. The Morgan fingerprint density at radius 3 is 2.57 bits per heavy atom. The fourth-order valence-corrected chi connectivity index (χ4v) is 3.30. The van der Waals surface area contributed by atoms with Crippen LogP contribution >= 0.6 is 23.8 Å². The highest BCUT2D eigenvalue weighted by Gasteiger charge is 2.13. The summed E-state index contributed by atoms with van der Waals surface area (Å²) in [6.07, 6.45) is 0. The summed E-state index contributed by atoms with van der Waals surface area (Å²) in [5, 5.41) is 5.84. The molecule has 2 aromatic carbocycles. The number of para-hydroxylation sites is 1. The van der Waals surface area contributed by atoms with Crippen molar-refractivity contribution in [2.24, 2.45) is 5.14 Å². The highest BCUT2D eigenvalue weighted by Crippen LogP contribution is 2.20. The van der Waals surface area contributed by atoms with Gasteiger partial charge in [-0.15, -0.1) is 0 Å². The summed E-state index contributed by atoms with van der Waals surface area (Å²) in [5.74, 6) is 0. The van der Waals surface area contributed by atoms with Crippen molar-refractivity contribution in [3.8, 4) is 5.69 Å². The molecule has 23 heavy (non-hydrogen) atoms. The standard InChI is InChI=1S/C14H10ClN3O3S2/c15-11-6-2-5-10-12(11)17-14(22)18(13(10)19)8-3-1-4-9(7-8)23(16,20)21/h1-7H,(H,17,22)(H2,16,20,21). The summed E-state index contributed by atoms with van der Waals surface area (Å²) in [4.78, 5) is 15.5. The first-order chi connectivity index (χ1) is 10.8. The van der Waals surface area contributed by atoms with Crippen LogP contribution in [0.2, 0.25) is 5.02 Å². The van der Waals surface area contributed by atoms with Crippen molar-refractivity contribution in [2.75, 3.05) is 0 Å². The number of hydrogen-bond acceptors (Lipinski definition) is 4. The van der Waals surface area contributed by atoms with Crippen LogP contribution in [0.4, 0.5) is 0 Å². The Morgan fingerprint density at radius 1 is 1.17 bits per heavy atom. The van der Waals surface area contributed by atoms with Crippen molar-refractivity contribution in [2.45, 2.75) is 4.90 Å². The van der Waals surface area contributed by atoms with Gasteiger partial charge in [0.2, 0.25) is 10.0 Å². The molecule has 0 saturated carbocycles. The van der Waals surface area contributed by atoms with Gasteiger partial charge in [0.25, 0.3) is 5.56 Å². The third-order valence-electron chi connectivity index (χ3n) is 3.29. The fraction of sp³-hybridized carbons (Fsp3) is 0. The van der Waals surface area contributed by atoms with Gasteiger partial charge in [-0.1, -0.05) is 23.7 Å². The summed E-state index contributed by atoms with van der Waals surface area (Å²) in [7, 11) is -3.89. The summed E-state index contributed by atoms with van der Waals surface area (Å²) < 4.78 is 24.3. The third kappa shape index (κ3) is 2.81. The summed E-state index contributed by atoms with van der Waals surface area (Å²) >= 11 is 11.3. The molecule has 3 rings (SSSR count). The predicted octanol–water partition coefficient (Wildman–Crippen LogP) is 2.35. The number of nitrogens with zero attached hydrogens (tertiary/aromatic N) is 1. The second-order valence-corrected chi connectivity index (χ2v) is 7.13. The smallest absolute Gasteiger partial charge is 0.266 e. The second kappa shape index (κ2) is 5.57. The van der Waals surface area contributed by atoms with E-state index >= 15 is 0 Å². The van der Waals surface area contributed by atoms with Crippen LogP contribution in [-0.2, 0) is 10.0 Å². The van der Waals surface area contributed by atoms with Gasteiger partial charge in [-0.05, 0) is 42.5 Å². The SMILES string of the molecule is NS(=O)(=O)c1cccc(-n2c(=S)[nH]c3c(Cl)cccc3c2=O)c1. The van der Waals surface area contributed by atoms with Crippen LogP contribution in [0, 0.1) is 4.77 Å². The lowest BCUT2D eigenvalue weighted by Crippen LogP contribution is -2.21. The van der Waals surface area contributed by atoms with Crippen LogP contribution in [0.1, 0.15) is 0 Å². The van der Waals surface area contributed by atoms with Crippen LogP contribution in [0.5, 0.6) is 0 Å². The number of sulfonamides is 1. The van der Waals surface area contributed by atoms with Crippen LogP contribution in [0.3, 0.4) is 0 Å². The molecule has 0 aliphatic rings. The van der Waals surface area contributed by atoms with Gasteiger partial charge in [0, 0.05) is 0 Å². The molecule has 3 aromatic rings. The van der Waals surface area contributed by atoms with Crippen LogP contribution in [0.15, 0.2) is 52.2 Å². The van der Waals surface area contributed by atoms with Gasteiger partial charge in [0.1, 0.15) is 0 Å². The Hall–Kier alpha value is -2.00. The Labute approximate surface area is 141 Å². The van der Waals surface area contributed by atoms with E-state index in [4.69, 9.17) is 29.0 Å². The van der Waals surface area contributed by atoms with Gasteiger partial charge in [0.15, 0.2) is 4.77 Å². The van der Waals surface area contributed by atoms with E-state index in [0.29, 0.717) is 21.6 Å². The van der Waals surface area contributed by atoms with Crippen molar-refractivity contribution in [3.63, 3.8) is 0 Å². The zero-order valence-electron chi connectivity index (χ0n) is 11.5. The first-order valence-corrected chi connectivity index (χ1v) is 8.69. The minimum Gasteiger partial charge on any atom is -0.330 e. The van der Waals surface area contributed by atoms with Crippen molar-refractivity contribution in [1.29, 1.82) is 0 Å². The van der Waals surface area contributed by atoms with Crippen molar-refractivity contribution in [1.82, 2.24) is 9.55 Å². The number of benzene rings is 2. The number of hydrogen-bond donors (Lipinski definition) is 2. The van der Waals surface area contributed by atoms with Gasteiger partial charge in [-0.3, -0.25) is 9.36 Å². The fourth-order valence-electron chi connectivity index (χ4n) is 2.24. The number of halogens is 1. The summed E-state index contributed by atoms with van der Waals surface area (Å²) in [5.41, 5.74) is 0.325. The number of primary sulfonamides is 1. The van der Waals surface area contributed by atoms with Crippen LogP contribution in [0.25, 0.3) is 16.6 Å². The molecule has 6 nitrogen and oxygen atoms in total. The van der Waals surface area contributed by atoms with Crippen molar-refractivity contribution in [3.05, 3.63) is 62.6 Å². The Kier molecular flexibility index (Phi) is 3.85. The molecular formula is C14H10ClN3O3S2. The van der Waals surface area contributed by atoms with Crippen LogP contribution in [-0.4, -0.2) is 18.0 Å².